The maximum absolute atomic E-state index is 5.86. The fourth-order valence-corrected chi connectivity index (χ4v) is 2.30. The molecule has 1 aromatic carbocycles. The summed E-state index contributed by atoms with van der Waals surface area (Å²) in [5.74, 6) is 0.809. The van der Waals surface area contributed by atoms with Crippen LogP contribution in [0.3, 0.4) is 0 Å². The van der Waals surface area contributed by atoms with Crippen molar-refractivity contribution in [2.75, 3.05) is 0 Å². The second kappa shape index (κ2) is 6.02. The maximum atomic E-state index is 5.86. The Labute approximate surface area is 115 Å². The molecule has 0 unspecified atom stereocenters. The van der Waals surface area contributed by atoms with Crippen molar-refractivity contribution in [1.29, 1.82) is 0 Å². The first-order valence-electron chi connectivity index (χ1n) is 5.85. The van der Waals surface area contributed by atoms with E-state index in [1.54, 1.807) is 0 Å². The lowest BCUT2D eigenvalue weighted by Crippen LogP contribution is -2.06. The third kappa shape index (κ3) is 2.73. The van der Waals surface area contributed by atoms with Crippen LogP contribution in [0.1, 0.15) is 18.2 Å². The van der Waals surface area contributed by atoms with E-state index in [1.165, 1.54) is 0 Å². The van der Waals surface area contributed by atoms with Crippen molar-refractivity contribution >= 4 is 15.9 Å². The van der Waals surface area contributed by atoms with Gasteiger partial charge in [-0.2, -0.15) is 0 Å². The van der Waals surface area contributed by atoms with E-state index in [0.29, 0.717) is 13.2 Å². The van der Waals surface area contributed by atoms with Crippen LogP contribution in [0.5, 0.6) is 5.75 Å². The first-order valence-corrected chi connectivity index (χ1v) is 6.64. The lowest BCUT2D eigenvalue weighted by molar-refractivity contribution is 0.290. The summed E-state index contributed by atoms with van der Waals surface area (Å²) < 4.78 is 8.84. The summed E-state index contributed by atoms with van der Waals surface area (Å²) >= 11 is 3.48. The average molecular weight is 310 g/mol. The molecule has 0 fully saturated rings. The SMILES string of the molecule is CCn1cncc1COc1c(Br)cccc1CN. The van der Waals surface area contributed by atoms with Crippen LogP contribution in [0.2, 0.25) is 0 Å². The second-order valence-corrected chi connectivity index (χ2v) is 4.75. The lowest BCUT2D eigenvalue weighted by Gasteiger charge is -2.13. The number of aryl methyl sites for hydroxylation is 1. The van der Waals surface area contributed by atoms with Gasteiger partial charge < -0.3 is 15.0 Å². The number of benzene rings is 1. The van der Waals surface area contributed by atoms with Gasteiger partial charge in [-0.25, -0.2) is 4.98 Å². The van der Waals surface area contributed by atoms with Gasteiger partial charge in [-0.05, 0) is 28.9 Å². The zero-order valence-corrected chi connectivity index (χ0v) is 11.9. The number of imidazole rings is 1. The number of nitrogens with two attached hydrogens (primary N) is 1. The largest absolute Gasteiger partial charge is 0.486 e. The highest BCUT2D eigenvalue weighted by Crippen LogP contribution is 2.29. The normalized spacial score (nSPS) is 10.6. The van der Waals surface area contributed by atoms with Gasteiger partial charge in [0.25, 0.3) is 0 Å². The molecule has 0 aliphatic heterocycles. The predicted octanol–water partition coefficient (Wildman–Crippen LogP) is 2.70. The summed E-state index contributed by atoms with van der Waals surface area (Å²) in [6.07, 6.45) is 3.63. The molecule has 1 aromatic heterocycles. The summed E-state index contributed by atoms with van der Waals surface area (Å²) in [7, 11) is 0. The summed E-state index contributed by atoms with van der Waals surface area (Å²) in [5, 5.41) is 0. The Kier molecular flexibility index (Phi) is 4.38. The van der Waals surface area contributed by atoms with Gasteiger partial charge in [0, 0.05) is 18.7 Å². The third-order valence-electron chi connectivity index (χ3n) is 2.77. The van der Waals surface area contributed by atoms with Crippen LogP contribution >= 0.6 is 15.9 Å². The molecule has 5 heteroatoms. The van der Waals surface area contributed by atoms with Gasteiger partial charge in [0.05, 0.1) is 22.7 Å². The van der Waals surface area contributed by atoms with Crippen molar-refractivity contribution in [2.45, 2.75) is 26.6 Å². The highest BCUT2D eigenvalue weighted by atomic mass is 79.9. The molecule has 0 bridgehead atoms. The molecule has 4 nitrogen and oxygen atoms in total. The monoisotopic (exact) mass is 309 g/mol. The lowest BCUT2D eigenvalue weighted by atomic mass is 10.2. The van der Waals surface area contributed by atoms with Gasteiger partial charge in [-0.1, -0.05) is 12.1 Å². The molecule has 96 valence electrons. The van der Waals surface area contributed by atoms with E-state index in [4.69, 9.17) is 10.5 Å². The van der Waals surface area contributed by atoms with Gasteiger partial charge in [-0.3, -0.25) is 0 Å². The fourth-order valence-electron chi connectivity index (χ4n) is 1.78. The van der Waals surface area contributed by atoms with Gasteiger partial charge >= 0.3 is 0 Å². The van der Waals surface area contributed by atoms with E-state index in [0.717, 1.165) is 28.0 Å². The molecule has 1 heterocycles. The quantitative estimate of drug-likeness (QED) is 0.924. The minimum atomic E-state index is 0.460. The number of hydrogen-bond acceptors (Lipinski definition) is 3. The Bertz CT molecular complexity index is 525. The molecular weight excluding hydrogens is 294 g/mol. The Morgan fingerprint density at radius 2 is 2.28 bits per heavy atom. The van der Waals surface area contributed by atoms with E-state index in [-0.39, 0.29) is 0 Å². The van der Waals surface area contributed by atoms with E-state index in [9.17, 15) is 0 Å². The van der Waals surface area contributed by atoms with Crippen molar-refractivity contribution in [3.05, 3.63) is 46.5 Å². The van der Waals surface area contributed by atoms with Crippen molar-refractivity contribution in [1.82, 2.24) is 9.55 Å². The Hall–Kier alpha value is -1.33. The summed E-state index contributed by atoms with van der Waals surface area (Å²) in [6.45, 7) is 3.92. The first kappa shape index (κ1) is 13.1. The van der Waals surface area contributed by atoms with Crippen molar-refractivity contribution in [3.8, 4) is 5.75 Å². The van der Waals surface area contributed by atoms with Gasteiger partial charge in [0.15, 0.2) is 0 Å². The molecule has 2 rings (SSSR count). The molecule has 18 heavy (non-hydrogen) atoms. The molecule has 0 atom stereocenters. The number of nitrogens with zero attached hydrogens (tertiary/aromatic N) is 2. The summed E-state index contributed by atoms with van der Waals surface area (Å²) in [5.41, 5.74) is 7.75. The van der Waals surface area contributed by atoms with Crippen molar-refractivity contribution in [2.24, 2.45) is 5.73 Å². The number of rotatable bonds is 5. The molecule has 0 saturated heterocycles. The van der Waals surface area contributed by atoms with Gasteiger partial charge in [0.1, 0.15) is 12.4 Å². The van der Waals surface area contributed by atoms with Crippen LogP contribution in [0.15, 0.2) is 35.2 Å². The summed E-state index contributed by atoms with van der Waals surface area (Å²) in [6, 6.07) is 5.87. The van der Waals surface area contributed by atoms with E-state index in [2.05, 4.69) is 32.4 Å². The molecule has 0 spiro atoms. The Morgan fingerprint density at radius 1 is 1.44 bits per heavy atom. The smallest absolute Gasteiger partial charge is 0.138 e. The molecule has 0 amide bonds. The van der Waals surface area contributed by atoms with Crippen LogP contribution in [0, 0.1) is 0 Å². The number of halogens is 1. The molecule has 0 aliphatic carbocycles. The highest BCUT2D eigenvalue weighted by molar-refractivity contribution is 9.10. The molecule has 0 radical (unpaired) electrons. The second-order valence-electron chi connectivity index (χ2n) is 3.89. The van der Waals surface area contributed by atoms with Crippen molar-refractivity contribution < 1.29 is 4.74 Å². The zero-order valence-electron chi connectivity index (χ0n) is 10.3. The van der Waals surface area contributed by atoms with Crippen LogP contribution in [0.4, 0.5) is 0 Å². The summed E-state index contributed by atoms with van der Waals surface area (Å²) in [4.78, 5) is 4.12. The molecule has 2 N–H and O–H groups in total. The van der Waals surface area contributed by atoms with Crippen molar-refractivity contribution in [3.63, 3.8) is 0 Å². The topological polar surface area (TPSA) is 53.1 Å². The van der Waals surface area contributed by atoms with Gasteiger partial charge in [-0.15, -0.1) is 0 Å². The zero-order chi connectivity index (χ0) is 13.0. The van der Waals surface area contributed by atoms with E-state index in [1.807, 2.05) is 30.7 Å². The highest BCUT2D eigenvalue weighted by Gasteiger charge is 2.08. The minimum absolute atomic E-state index is 0.460. The molecule has 0 aliphatic rings. The van der Waals surface area contributed by atoms with Crippen LogP contribution in [0.25, 0.3) is 0 Å². The molecule has 0 saturated carbocycles. The van der Waals surface area contributed by atoms with Crippen LogP contribution in [-0.4, -0.2) is 9.55 Å². The number of hydrogen-bond donors (Lipinski definition) is 1. The Morgan fingerprint density at radius 3 is 3.00 bits per heavy atom. The van der Waals surface area contributed by atoms with E-state index >= 15 is 0 Å². The number of ether oxygens (including phenoxy) is 1. The van der Waals surface area contributed by atoms with E-state index < -0.39 is 0 Å². The first-order chi connectivity index (χ1) is 8.76. The third-order valence-corrected chi connectivity index (χ3v) is 3.40. The van der Waals surface area contributed by atoms with Crippen LogP contribution in [-0.2, 0) is 19.7 Å². The Balaban J connectivity index is 2.15. The van der Waals surface area contributed by atoms with Gasteiger partial charge in [0.2, 0.25) is 0 Å². The minimum Gasteiger partial charge on any atom is -0.486 e. The fraction of sp³-hybridized carbons (Fsp3) is 0.308. The number of aromatic nitrogens is 2. The standard InChI is InChI=1S/C13H16BrN3O/c1-2-17-9-16-7-11(17)8-18-13-10(6-15)4-3-5-12(13)14/h3-5,7,9H,2,6,8,15H2,1H3. The average Bonchev–Trinajstić information content (AvgIpc) is 2.84. The number of para-hydroxylation sites is 1. The maximum Gasteiger partial charge on any atom is 0.138 e. The van der Waals surface area contributed by atoms with Crippen LogP contribution < -0.4 is 10.5 Å². The molecule has 2 aromatic rings. The molecular formula is C13H16BrN3O. The predicted molar refractivity (Wildman–Crippen MR) is 74.3 cm³/mol.